The van der Waals surface area contributed by atoms with Crippen LogP contribution in [0.4, 0.5) is 5.69 Å². The van der Waals surface area contributed by atoms with Gasteiger partial charge in [-0.1, -0.05) is 11.2 Å². The molecule has 9 heteroatoms. The van der Waals surface area contributed by atoms with Crippen molar-refractivity contribution in [2.24, 2.45) is 10.9 Å². The fourth-order valence-electron chi connectivity index (χ4n) is 1.83. The van der Waals surface area contributed by atoms with Crippen molar-refractivity contribution in [2.45, 2.75) is 6.54 Å². The van der Waals surface area contributed by atoms with Gasteiger partial charge in [-0.15, -0.1) is 0 Å². The molecule has 0 bridgehead atoms. The van der Waals surface area contributed by atoms with Gasteiger partial charge in [-0.25, -0.2) is 0 Å². The second kappa shape index (κ2) is 5.90. The molecule has 1 aromatic carbocycles. The lowest BCUT2D eigenvalue weighted by atomic mass is 10.1. The SMILES string of the molecule is COc1ccc(Cn2cc([N+](=O)[O-])cn2)cc1/C(N)=N/O. The maximum atomic E-state index is 10.6. The van der Waals surface area contributed by atoms with Gasteiger partial charge in [0.15, 0.2) is 5.84 Å². The van der Waals surface area contributed by atoms with E-state index in [1.165, 1.54) is 24.2 Å². The number of ether oxygens (including phenoxy) is 1. The Kier molecular flexibility index (Phi) is 4.02. The summed E-state index contributed by atoms with van der Waals surface area (Å²) in [6.45, 7) is 0.309. The second-order valence-electron chi connectivity index (χ2n) is 4.17. The van der Waals surface area contributed by atoms with Gasteiger partial charge < -0.3 is 15.7 Å². The molecule has 0 fully saturated rings. The number of rotatable bonds is 5. The summed E-state index contributed by atoms with van der Waals surface area (Å²) in [4.78, 5) is 10.1. The van der Waals surface area contributed by atoms with E-state index in [1.54, 1.807) is 18.2 Å². The van der Waals surface area contributed by atoms with Crippen molar-refractivity contribution in [3.05, 3.63) is 51.8 Å². The van der Waals surface area contributed by atoms with E-state index in [2.05, 4.69) is 10.3 Å². The maximum absolute atomic E-state index is 10.6. The lowest BCUT2D eigenvalue weighted by Gasteiger charge is -2.09. The Balaban J connectivity index is 2.29. The molecule has 2 rings (SSSR count). The number of nitro groups is 1. The summed E-state index contributed by atoms with van der Waals surface area (Å²) in [5.41, 5.74) is 6.71. The Morgan fingerprint density at radius 2 is 2.38 bits per heavy atom. The minimum absolute atomic E-state index is 0.0832. The van der Waals surface area contributed by atoms with Gasteiger partial charge in [0.25, 0.3) is 0 Å². The summed E-state index contributed by atoms with van der Waals surface area (Å²) in [5, 5.41) is 26.2. The largest absolute Gasteiger partial charge is 0.496 e. The first kappa shape index (κ1) is 14.3. The molecule has 0 aliphatic carbocycles. The molecule has 0 aliphatic rings. The predicted molar refractivity (Wildman–Crippen MR) is 73.5 cm³/mol. The van der Waals surface area contributed by atoms with Gasteiger partial charge in [0.05, 0.1) is 24.1 Å². The third kappa shape index (κ3) is 3.08. The number of amidine groups is 1. The maximum Gasteiger partial charge on any atom is 0.307 e. The van der Waals surface area contributed by atoms with Crippen LogP contribution >= 0.6 is 0 Å². The number of benzene rings is 1. The number of oxime groups is 1. The highest BCUT2D eigenvalue weighted by Gasteiger charge is 2.12. The van der Waals surface area contributed by atoms with Crippen LogP contribution in [0.2, 0.25) is 0 Å². The molecule has 0 saturated heterocycles. The standard InChI is InChI=1S/C12H13N5O4/c1-21-11-3-2-8(4-10(11)12(13)15-18)6-16-7-9(5-14-16)17(19)20/h2-5,7,18H,6H2,1H3,(H2,13,15). The number of hydrogen-bond acceptors (Lipinski definition) is 6. The predicted octanol–water partition coefficient (Wildman–Crippen LogP) is 0.943. The van der Waals surface area contributed by atoms with Gasteiger partial charge in [0, 0.05) is 0 Å². The summed E-state index contributed by atoms with van der Waals surface area (Å²) in [7, 11) is 1.47. The van der Waals surface area contributed by atoms with Crippen molar-refractivity contribution >= 4 is 11.5 Å². The van der Waals surface area contributed by atoms with Crippen LogP contribution in [0.15, 0.2) is 35.7 Å². The number of nitrogens with two attached hydrogens (primary N) is 1. The molecular weight excluding hydrogens is 278 g/mol. The number of aromatic nitrogens is 2. The average molecular weight is 291 g/mol. The zero-order valence-corrected chi connectivity index (χ0v) is 11.1. The van der Waals surface area contributed by atoms with Gasteiger partial charge in [-0.3, -0.25) is 14.8 Å². The van der Waals surface area contributed by atoms with Crippen LogP contribution in [0.5, 0.6) is 5.75 Å². The Morgan fingerprint density at radius 1 is 1.62 bits per heavy atom. The minimum Gasteiger partial charge on any atom is -0.496 e. The van der Waals surface area contributed by atoms with Gasteiger partial charge in [0.1, 0.15) is 18.1 Å². The van der Waals surface area contributed by atoms with Gasteiger partial charge >= 0.3 is 5.69 Å². The molecule has 2 aromatic rings. The summed E-state index contributed by atoms with van der Waals surface area (Å²) in [6, 6.07) is 5.10. The summed E-state index contributed by atoms with van der Waals surface area (Å²) in [5.74, 6) is 0.376. The fourth-order valence-corrected chi connectivity index (χ4v) is 1.83. The third-order valence-electron chi connectivity index (χ3n) is 2.82. The van der Waals surface area contributed by atoms with E-state index < -0.39 is 4.92 Å². The molecule has 21 heavy (non-hydrogen) atoms. The number of hydrogen-bond donors (Lipinski definition) is 2. The molecule has 0 aliphatic heterocycles. The van der Waals surface area contributed by atoms with Crippen LogP contribution in [-0.2, 0) is 6.54 Å². The second-order valence-corrected chi connectivity index (χ2v) is 4.17. The van der Waals surface area contributed by atoms with Crippen LogP contribution in [0, 0.1) is 10.1 Å². The van der Waals surface area contributed by atoms with Crippen molar-refractivity contribution in [1.29, 1.82) is 0 Å². The van der Waals surface area contributed by atoms with Crippen LogP contribution < -0.4 is 10.5 Å². The van der Waals surface area contributed by atoms with E-state index in [-0.39, 0.29) is 11.5 Å². The molecule has 3 N–H and O–H groups in total. The summed E-state index contributed by atoms with van der Waals surface area (Å²) >= 11 is 0. The van der Waals surface area contributed by atoms with E-state index in [0.717, 1.165) is 5.56 Å². The molecule has 0 atom stereocenters. The quantitative estimate of drug-likeness (QED) is 0.277. The zero-order chi connectivity index (χ0) is 15.4. The molecule has 0 saturated carbocycles. The molecular formula is C12H13N5O4. The van der Waals surface area contributed by atoms with E-state index in [9.17, 15) is 10.1 Å². The normalized spacial score (nSPS) is 11.4. The Bertz CT molecular complexity index is 695. The van der Waals surface area contributed by atoms with Crippen molar-refractivity contribution in [3.8, 4) is 5.75 Å². The Hall–Kier alpha value is -3.10. The number of methoxy groups -OCH3 is 1. The van der Waals surface area contributed by atoms with Crippen molar-refractivity contribution < 1.29 is 14.9 Å². The van der Waals surface area contributed by atoms with Gasteiger partial charge in [-0.05, 0) is 17.7 Å². The summed E-state index contributed by atoms with van der Waals surface area (Å²) < 4.78 is 6.55. The molecule has 0 amide bonds. The first-order valence-corrected chi connectivity index (χ1v) is 5.86. The highest BCUT2D eigenvalue weighted by molar-refractivity contribution is 5.99. The van der Waals surface area contributed by atoms with E-state index in [0.29, 0.717) is 17.9 Å². The van der Waals surface area contributed by atoms with Crippen LogP contribution in [0.3, 0.4) is 0 Å². The third-order valence-corrected chi connectivity index (χ3v) is 2.82. The molecule has 110 valence electrons. The highest BCUT2D eigenvalue weighted by Crippen LogP contribution is 2.20. The Labute approximate surface area is 119 Å². The van der Waals surface area contributed by atoms with Gasteiger partial charge in [0.2, 0.25) is 0 Å². The molecule has 0 radical (unpaired) electrons. The van der Waals surface area contributed by atoms with Crippen molar-refractivity contribution in [1.82, 2.24) is 9.78 Å². The van der Waals surface area contributed by atoms with Crippen molar-refractivity contribution in [2.75, 3.05) is 7.11 Å². The lowest BCUT2D eigenvalue weighted by Crippen LogP contribution is -2.15. The zero-order valence-electron chi connectivity index (χ0n) is 11.1. The molecule has 1 aromatic heterocycles. The summed E-state index contributed by atoms with van der Waals surface area (Å²) in [6.07, 6.45) is 2.50. The van der Waals surface area contributed by atoms with Crippen LogP contribution in [0.1, 0.15) is 11.1 Å². The smallest absolute Gasteiger partial charge is 0.307 e. The lowest BCUT2D eigenvalue weighted by molar-refractivity contribution is -0.385. The van der Waals surface area contributed by atoms with Crippen LogP contribution in [-0.4, -0.2) is 32.9 Å². The van der Waals surface area contributed by atoms with Gasteiger partial charge in [-0.2, -0.15) is 5.10 Å². The molecule has 0 spiro atoms. The first-order chi connectivity index (χ1) is 10.0. The fraction of sp³-hybridized carbons (Fsp3) is 0.167. The average Bonchev–Trinajstić information content (AvgIpc) is 2.95. The first-order valence-electron chi connectivity index (χ1n) is 5.86. The Morgan fingerprint density at radius 3 is 2.95 bits per heavy atom. The van der Waals surface area contributed by atoms with Crippen molar-refractivity contribution in [3.63, 3.8) is 0 Å². The van der Waals surface area contributed by atoms with E-state index in [4.69, 9.17) is 15.7 Å². The monoisotopic (exact) mass is 291 g/mol. The molecule has 9 nitrogen and oxygen atoms in total. The van der Waals surface area contributed by atoms with E-state index >= 15 is 0 Å². The highest BCUT2D eigenvalue weighted by atomic mass is 16.6. The van der Waals surface area contributed by atoms with Crippen LogP contribution in [0.25, 0.3) is 0 Å². The molecule has 0 unspecified atom stereocenters. The topological polar surface area (TPSA) is 129 Å². The number of nitrogens with zero attached hydrogens (tertiary/aromatic N) is 4. The molecule has 1 heterocycles. The van der Waals surface area contributed by atoms with E-state index in [1.807, 2.05) is 0 Å². The minimum atomic E-state index is -0.515.